The minimum atomic E-state index is -0.486. The SMILES string of the molecule is NC(c1c(F)cccc1F)C1C2C3CCC(C3)C21. The zero-order valence-electron chi connectivity index (χ0n) is 10.2. The third-order valence-electron chi connectivity index (χ3n) is 5.54. The summed E-state index contributed by atoms with van der Waals surface area (Å²) in [5.74, 6) is 2.22. The molecule has 2 N–H and O–H groups in total. The van der Waals surface area contributed by atoms with E-state index in [1.54, 1.807) is 0 Å². The van der Waals surface area contributed by atoms with Crippen molar-refractivity contribution in [1.29, 1.82) is 0 Å². The number of hydrogen-bond donors (Lipinski definition) is 1. The Labute approximate surface area is 105 Å². The second-order valence-corrected chi connectivity index (χ2v) is 6.23. The van der Waals surface area contributed by atoms with Crippen molar-refractivity contribution in [2.75, 3.05) is 0 Å². The van der Waals surface area contributed by atoms with E-state index in [9.17, 15) is 8.78 Å². The fourth-order valence-electron chi connectivity index (χ4n) is 4.89. The summed E-state index contributed by atoms with van der Waals surface area (Å²) in [7, 11) is 0. The molecule has 0 aromatic heterocycles. The molecular formula is C15H17F2N. The Kier molecular flexibility index (Phi) is 2.14. The van der Waals surface area contributed by atoms with Crippen LogP contribution < -0.4 is 5.73 Å². The first-order chi connectivity index (χ1) is 8.68. The lowest BCUT2D eigenvalue weighted by molar-refractivity contribution is 0.399. The van der Waals surface area contributed by atoms with Gasteiger partial charge in [-0.05, 0) is 61.0 Å². The molecular weight excluding hydrogens is 232 g/mol. The molecule has 3 fully saturated rings. The molecule has 3 aliphatic rings. The van der Waals surface area contributed by atoms with E-state index in [1.807, 2.05) is 0 Å². The monoisotopic (exact) mass is 249 g/mol. The molecule has 2 bridgehead atoms. The third-order valence-corrected chi connectivity index (χ3v) is 5.54. The van der Waals surface area contributed by atoms with E-state index in [4.69, 9.17) is 5.73 Å². The van der Waals surface area contributed by atoms with E-state index in [-0.39, 0.29) is 5.56 Å². The largest absolute Gasteiger partial charge is 0.324 e. The number of benzene rings is 1. The first-order valence-electron chi connectivity index (χ1n) is 6.88. The average molecular weight is 249 g/mol. The smallest absolute Gasteiger partial charge is 0.130 e. The van der Waals surface area contributed by atoms with Crippen molar-refractivity contribution in [3.63, 3.8) is 0 Å². The van der Waals surface area contributed by atoms with Crippen LogP contribution in [0.2, 0.25) is 0 Å². The van der Waals surface area contributed by atoms with Crippen LogP contribution in [-0.4, -0.2) is 0 Å². The van der Waals surface area contributed by atoms with Crippen LogP contribution in [0.25, 0.3) is 0 Å². The summed E-state index contributed by atoms with van der Waals surface area (Å²) in [4.78, 5) is 0. The van der Waals surface area contributed by atoms with Gasteiger partial charge in [0.25, 0.3) is 0 Å². The highest BCUT2D eigenvalue weighted by molar-refractivity contribution is 5.28. The molecule has 96 valence electrons. The van der Waals surface area contributed by atoms with Gasteiger partial charge in [-0.2, -0.15) is 0 Å². The summed E-state index contributed by atoms with van der Waals surface area (Å²) in [5, 5.41) is 0. The molecule has 0 aliphatic heterocycles. The lowest BCUT2D eigenvalue weighted by Crippen LogP contribution is -2.20. The second kappa shape index (κ2) is 3.53. The van der Waals surface area contributed by atoms with Gasteiger partial charge in [-0.1, -0.05) is 6.07 Å². The van der Waals surface area contributed by atoms with E-state index < -0.39 is 17.7 Å². The molecule has 5 atom stereocenters. The molecule has 1 aromatic rings. The number of hydrogen-bond acceptors (Lipinski definition) is 1. The predicted molar refractivity (Wildman–Crippen MR) is 64.6 cm³/mol. The molecule has 5 unspecified atom stereocenters. The van der Waals surface area contributed by atoms with Gasteiger partial charge in [-0.3, -0.25) is 0 Å². The predicted octanol–water partition coefficient (Wildman–Crippen LogP) is 3.26. The zero-order chi connectivity index (χ0) is 12.4. The Morgan fingerprint density at radius 3 is 2.17 bits per heavy atom. The van der Waals surface area contributed by atoms with Gasteiger partial charge >= 0.3 is 0 Å². The number of halogens is 2. The van der Waals surface area contributed by atoms with E-state index in [2.05, 4.69) is 0 Å². The van der Waals surface area contributed by atoms with E-state index in [0.29, 0.717) is 17.8 Å². The molecule has 0 saturated heterocycles. The van der Waals surface area contributed by atoms with E-state index in [0.717, 1.165) is 11.8 Å². The highest BCUT2D eigenvalue weighted by atomic mass is 19.1. The molecule has 0 amide bonds. The van der Waals surface area contributed by atoms with Crippen molar-refractivity contribution in [2.45, 2.75) is 25.3 Å². The number of rotatable bonds is 2. The quantitative estimate of drug-likeness (QED) is 0.855. The second-order valence-electron chi connectivity index (χ2n) is 6.23. The summed E-state index contributed by atoms with van der Waals surface area (Å²) in [5.41, 5.74) is 6.27. The van der Waals surface area contributed by atoms with E-state index >= 15 is 0 Å². The fraction of sp³-hybridized carbons (Fsp3) is 0.600. The van der Waals surface area contributed by atoms with Crippen LogP contribution in [0.4, 0.5) is 8.78 Å². The first kappa shape index (κ1) is 10.9. The van der Waals surface area contributed by atoms with Crippen molar-refractivity contribution >= 4 is 0 Å². The standard InChI is InChI=1S/C15H17F2N/c16-9-2-1-3-10(17)13(9)15(18)14-11-7-4-5-8(6-7)12(11)14/h1-3,7-8,11-12,14-15H,4-6,18H2. The maximum absolute atomic E-state index is 13.8. The normalized spacial score (nSPS) is 41.8. The van der Waals surface area contributed by atoms with E-state index in [1.165, 1.54) is 37.5 Å². The van der Waals surface area contributed by atoms with Crippen LogP contribution in [0.15, 0.2) is 18.2 Å². The van der Waals surface area contributed by atoms with Gasteiger partial charge in [0, 0.05) is 11.6 Å². The van der Waals surface area contributed by atoms with Gasteiger partial charge in [-0.25, -0.2) is 8.78 Å². The zero-order valence-corrected chi connectivity index (χ0v) is 10.2. The van der Waals surface area contributed by atoms with Crippen molar-refractivity contribution in [1.82, 2.24) is 0 Å². The van der Waals surface area contributed by atoms with Gasteiger partial charge in [-0.15, -0.1) is 0 Å². The number of nitrogens with two attached hydrogens (primary N) is 1. The Bertz CT molecular complexity index is 465. The lowest BCUT2D eigenvalue weighted by Gasteiger charge is -2.17. The molecule has 0 radical (unpaired) electrons. The molecule has 3 saturated carbocycles. The van der Waals surface area contributed by atoms with Crippen molar-refractivity contribution in [3.05, 3.63) is 35.4 Å². The lowest BCUT2D eigenvalue weighted by atomic mass is 9.93. The fourth-order valence-corrected chi connectivity index (χ4v) is 4.89. The molecule has 18 heavy (non-hydrogen) atoms. The molecule has 1 aromatic carbocycles. The van der Waals surface area contributed by atoms with Gasteiger partial charge < -0.3 is 5.73 Å². The molecule has 4 rings (SSSR count). The Morgan fingerprint density at radius 1 is 1.06 bits per heavy atom. The van der Waals surface area contributed by atoms with Crippen LogP contribution in [0.3, 0.4) is 0 Å². The molecule has 3 heteroatoms. The van der Waals surface area contributed by atoms with Gasteiger partial charge in [0.15, 0.2) is 0 Å². The third kappa shape index (κ3) is 1.28. The van der Waals surface area contributed by atoms with Crippen molar-refractivity contribution < 1.29 is 8.78 Å². The molecule has 0 heterocycles. The summed E-state index contributed by atoms with van der Waals surface area (Å²) in [6, 6.07) is 3.57. The molecule has 1 nitrogen and oxygen atoms in total. The Hall–Kier alpha value is -0.960. The maximum Gasteiger partial charge on any atom is 0.130 e. The highest BCUT2D eigenvalue weighted by Crippen LogP contribution is 2.71. The van der Waals surface area contributed by atoms with Crippen LogP contribution in [0, 0.1) is 41.2 Å². The van der Waals surface area contributed by atoms with Crippen molar-refractivity contribution in [2.24, 2.45) is 35.3 Å². The Balaban J connectivity index is 1.64. The van der Waals surface area contributed by atoms with Gasteiger partial charge in [0.1, 0.15) is 11.6 Å². The maximum atomic E-state index is 13.8. The summed E-state index contributed by atoms with van der Waals surface area (Å²) >= 11 is 0. The number of fused-ring (bicyclic) bond motifs is 5. The topological polar surface area (TPSA) is 26.0 Å². The minimum Gasteiger partial charge on any atom is -0.324 e. The first-order valence-corrected chi connectivity index (χ1v) is 6.88. The van der Waals surface area contributed by atoms with Crippen LogP contribution in [0.1, 0.15) is 30.9 Å². The minimum absolute atomic E-state index is 0.108. The molecule has 3 aliphatic carbocycles. The van der Waals surface area contributed by atoms with Crippen LogP contribution >= 0.6 is 0 Å². The Morgan fingerprint density at radius 2 is 1.61 bits per heavy atom. The summed E-state index contributed by atoms with van der Waals surface area (Å²) in [6.07, 6.45) is 3.93. The molecule has 0 spiro atoms. The van der Waals surface area contributed by atoms with Gasteiger partial charge in [0.2, 0.25) is 0 Å². The summed E-state index contributed by atoms with van der Waals surface area (Å²) < 4.78 is 27.5. The summed E-state index contributed by atoms with van der Waals surface area (Å²) in [6.45, 7) is 0. The van der Waals surface area contributed by atoms with Crippen LogP contribution in [-0.2, 0) is 0 Å². The van der Waals surface area contributed by atoms with Gasteiger partial charge in [0.05, 0.1) is 0 Å². The van der Waals surface area contributed by atoms with Crippen molar-refractivity contribution in [3.8, 4) is 0 Å². The highest BCUT2D eigenvalue weighted by Gasteiger charge is 2.66. The average Bonchev–Trinajstić information content (AvgIpc) is 2.78. The van der Waals surface area contributed by atoms with Crippen LogP contribution in [0.5, 0.6) is 0 Å².